The van der Waals surface area contributed by atoms with E-state index < -0.39 is 34.4 Å². The van der Waals surface area contributed by atoms with E-state index in [9.17, 15) is 18.0 Å². The monoisotopic (exact) mass is 401 g/mol. The summed E-state index contributed by atoms with van der Waals surface area (Å²) in [5.41, 5.74) is 0. The van der Waals surface area contributed by atoms with Gasteiger partial charge in [0.25, 0.3) is 5.91 Å². The predicted octanol–water partition coefficient (Wildman–Crippen LogP) is 0.396. The molecule has 0 radical (unpaired) electrons. The number of hydrogen-bond donors (Lipinski definition) is 1. The van der Waals surface area contributed by atoms with Crippen LogP contribution in [-0.4, -0.2) is 63.4 Å². The van der Waals surface area contributed by atoms with E-state index in [1.54, 1.807) is 12.1 Å². The lowest BCUT2D eigenvalue weighted by Crippen LogP contribution is -2.38. The molecule has 1 saturated heterocycles. The van der Waals surface area contributed by atoms with E-state index in [2.05, 4.69) is 5.32 Å². The first-order valence-corrected chi connectivity index (χ1v) is 10.9. The largest absolute Gasteiger partial charge is 0.486 e. The molecule has 1 N–H and O–H groups in total. The zero-order valence-corrected chi connectivity index (χ0v) is 15.6. The van der Waals surface area contributed by atoms with Gasteiger partial charge in [0.1, 0.15) is 13.2 Å². The van der Waals surface area contributed by atoms with Gasteiger partial charge in [-0.3, -0.25) is 9.59 Å². The molecule has 1 fully saturated rings. The number of esters is 1. The molecule has 10 heteroatoms. The molecule has 3 rings (SSSR count). The normalized spacial score (nSPS) is 20.4. The van der Waals surface area contributed by atoms with Crippen molar-refractivity contribution < 1.29 is 32.2 Å². The van der Waals surface area contributed by atoms with Gasteiger partial charge >= 0.3 is 5.97 Å². The molecule has 2 heterocycles. The molecule has 0 unspecified atom stereocenters. The number of hydrogen-bond acceptors (Lipinski definition) is 8. The second-order valence-corrected chi connectivity index (χ2v) is 9.20. The molecule has 0 bridgehead atoms. The van der Waals surface area contributed by atoms with Gasteiger partial charge in [-0.2, -0.15) is 0 Å². The van der Waals surface area contributed by atoms with Gasteiger partial charge < -0.3 is 19.5 Å². The number of ether oxygens (including phenoxy) is 3. The lowest BCUT2D eigenvalue weighted by molar-refractivity contribution is -0.146. The van der Waals surface area contributed by atoms with E-state index in [-0.39, 0.29) is 17.3 Å². The van der Waals surface area contributed by atoms with Crippen LogP contribution in [0.4, 0.5) is 0 Å². The number of carbonyl (C=O) groups is 2. The van der Waals surface area contributed by atoms with Crippen molar-refractivity contribution >= 4 is 33.5 Å². The third kappa shape index (κ3) is 5.28. The molecule has 0 aromatic heterocycles. The van der Waals surface area contributed by atoms with Crippen LogP contribution in [-0.2, 0) is 24.2 Å². The van der Waals surface area contributed by atoms with Crippen LogP contribution in [0.5, 0.6) is 11.5 Å². The summed E-state index contributed by atoms with van der Waals surface area (Å²) in [6.45, 7) is 0.582. The number of nitrogens with one attached hydrogen (secondary N) is 1. The molecule has 1 aromatic carbocycles. The topological polar surface area (TPSA) is 108 Å². The first kappa shape index (κ1) is 18.8. The highest BCUT2D eigenvalue weighted by atomic mass is 32.2. The molecule has 0 aliphatic carbocycles. The number of thioether (sulfide) groups is 1. The second-order valence-electron chi connectivity index (χ2n) is 5.92. The van der Waals surface area contributed by atoms with E-state index in [1.807, 2.05) is 6.07 Å². The van der Waals surface area contributed by atoms with Gasteiger partial charge in [-0.05, 0) is 24.6 Å². The Morgan fingerprint density at radius 2 is 2.00 bits per heavy atom. The summed E-state index contributed by atoms with van der Waals surface area (Å²) in [5, 5.41) is 2.57. The first-order valence-electron chi connectivity index (χ1n) is 8.09. The Morgan fingerprint density at radius 3 is 2.73 bits per heavy atom. The molecule has 0 saturated carbocycles. The fraction of sp³-hybridized carbons (Fsp3) is 0.500. The van der Waals surface area contributed by atoms with Gasteiger partial charge in [0, 0.05) is 10.9 Å². The van der Waals surface area contributed by atoms with Gasteiger partial charge in [0.05, 0.1) is 17.3 Å². The van der Waals surface area contributed by atoms with Crippen molar-refractivity contribution in [3.63, 3.8) is 0 Å². The number of fused-ring (bicyclic) bond motifs is 1. The third-order valence-electron chi connectivity index (χ3n) is 3.83. The van der Waals surface area contributed by atoms with Crippen LogP contribution in [0.15, 0.2) is 23.1 Å². The maximum Gasteiger partial charge on any atom is 0.316 e. The molecule has 8 nitrogen and oxygen atoms in total. The fourth-order valence-corrected chi connectivity index (χ4v) is 5.02. The number of benzene rings is 1. The molecule has 2 aliphatic heterocycles. The quantitative estimate of drug-likeness (QED) is 0.539. The van der Waals surface area contributed by atoms with Crippen molar-refractivity contribution in [3.05, 3.63) is 18.2 Å². The third-order valence-corrected chi connectivity index (χ3v) is 6.57. The zero-order valence-electron chi connectivity index (χ0n) is 13.9. The van der Waals surface area contributed by atoms with Crippen LogP contribution in [0, 0.1) is 0 Å². The van der Waals surface area contributed by atoms with Crippen molar-refractivity contribution in [2.45, 2.75) is 17.4 Å². The van der Waals surface area contributed by atoms with E-state index >= 15 is 0 Å². The van der Waals surface area contributed by atoms with Gasteiger partial charge in [-0.1, -0.05) is 0 Å². The summed E-state index contributed by atoms with van der Waals surface area (Å²) >= 11 is 1.26. The van der Waals surface area contributed by atoms with Gasteiger partial charge in [-0.15, -0.1) is 11.8 Å². The van der Waals surface area contributed by atoms with E-state index in [0.29, 0.717) is 31.1 Å². The van der Waals surface area contributed by atoms with Crippen molar-refractivity contribution in [2.24, 2.45) is 0 Å². The summed E-state index contributed by atoms with van der Waals surface area (Å²) in [4.78, 5) is 24.3. The van der Waals surface area contributed by atoms with Crippen LogP contribution in [0.2, 0.25) is 0 Å². The molecule has 1 atom stereocenters. The lowest BCUT2D eigenvalue weighted by atomic mass is 10.2. The van der Waals surface area contributed by atoms with Crippen LogP contribution in [0.3, 0.4) is 0 Å². The average Bonchev–Trinajstić information content (AvgIpc) is 2.96. The van der Waals surface area contributed by atoms with E-state index in [1.165, 1.54) is 11.8 Å². The van der Waals surface area contributed by atoms with Gasteiger partial charge in [0.15, 0.2) is 27.9 Å². The van der Waals surface area contributed by atoms with E-state index in [0.717, 1.165) is 4.90 Å². The maximum absolute atomic E-state index is 11.8. The van der Waals surface area contributed by atoms with Crippen molar-refractivity contribution in [2.75, 3.05) is 37.1 Å². The molecular weight excluding hydrogens is 382 g/mol. The SMILES string of the molecule is O=C(COC(=O)CSc1ccc2c(c1)OCCO2)N[C@@H]1CCS(=O)(=O)C1. The average molecular weight is 401 g/mol. The molecule has 2 aliphatic rings. The van der Waals surface area contributed by atoms with Crippen LogP contribution >= 0.6 is 11.8 Å². The van der Waals surface area contributed by atoms with Crippen LogP contribution in [0.25, 0.3) is 0 Å². The van der Waals surface area contributed by atoms with Crippen molar-refractivity contribution in [3.8, 4) is 11.5 Å². The zero-order chi connectivity index (χ0) is 18.6. The van der Waals surface area contributed by atoms with E-state index in [4.69, 9.17) is 14.2 Å². The maximum atomic E-state index is 11.8. The van der Waals surface area contributed by atoms with Crippen LogP contribution < -0.4 is 14.8 Å². The van der Waals surface area contributed by atoms with Crippen molar-refractivity contribution in [1.29, 1.82) is 0 Å². The highest BCUT2D eigenvalue weighted by Gasteiger charge is 2.29. The highest BCUT2D eigenvalue weighted by Crippen LogP contribution is 2.34. The first-order chi connectivity index (χ1) is 12.4. The summed E-state index contributed by atoms with van der Waals surface area (Å²) in [6, 6.07) is 4.99. The summed E-state index contributed by atoms with van der Waals surface area (Å²) in [6.07, 6.45) is 0.391. The summed E-state index contributed by atoms with van der Waals surface area (Å²) in [7, 11) is -3.06. The summed E-state index contributed by atoms with van der Waals surface area (Å²) in [5.74, 6) is 0.347. The number of carbonyl (C=O) groups excluding carboxylic acids is 2. The highest BCUT2D eigenvalue weighted by molar-refractivity contribution is 8.00. The molecular formula is C16H19NO7S2. The number of sulfone groups is 1. The Balaban J connectivity index is 1.38. The molecule has 0 spiro atoms. The minimum atomic E-state index is -3.06. The molecule has 142 valence electrons. The van der Waals surface area contributed by atoms with Crippen molar-refractivity contribution in [1.82, 2.24) is 5.32 Å². The Bertz CT molecular complexity index is 794. The Hall–Kier alpha value is -1.94. The Morgan fingerprint density at radius 1 is 1.23 bits per heavy atom. The minimum Gasteiger partial charge on any atom is -0.486 e. The van der Waals surface area contributed by atoms with Crippen LogP contribution in [0.1, 0.15) is 6.42 Å². The number of amides is 1. The predicted molar refractivity (Wildman–Crippen MR) is 94.3 cm³/mol. The molecule has 1 aromatic rings. The second kappa shape index (κ2) is 8.17. The fourth-order valence-electron chi connectivity index (χ4n) is 2.62. The molecule has 1 amide bonds. The Labute approximate surface area is 155 Å². The van der Waals surface area contributed by atoms with Gasteiger partial charge in [-0.25, -0.2) is 8.42 Å². The standard InChI is InChI=1S/C16H19NO7S2/c18-15(17-11-3-6-26(20,21)10-11)8-24-16(19)9-25-12-1-2-13-14(7-12)23-5-4-22-13/h1-2,7,11H,3-6,8-10H2,(H,17,18)/t11-/m1/s1. The minimum absolute atomic E-state index is 0.0464. The molecule has 26 heavy (non-hydrogen) atoms. The van der Waals surface area contributed by atoms with Gasteiger partial charge in [0.2, 0.25) is 0 Å². The summed E-state index contributed by atoms with van der Waals surface area (Å²) < 4.78 is 38.5. The Kier molecular flexibility index (Phi) is 5.92. The smallest absolute Gasteiger partial charge is 0.316 e. The number of rotatable bonds is 6. The lowest BCUT2D eigenvalue weighted by Gasteiger charge is -2.18.